The minimum atomic E-state index is 0.170. The van der Waals surface area contributed by atoms with Gasteiger partial charge in [-0.2, -0.15) is 0 Å². The lowest BCUT2D eigenvalue weighted by Crippen LogP contribution is -2.10. The Hall–Kier alpha value is -5.58. The molecule has 13 rings (SSSR count). The molecule has 3 aliphatic rings. The van der Waals surface area contributed by atoms with E-state index in [1.165, 1.54) is 129 Å². The summed E-state index contributed by atoms with van der Waals surface area (Å²) in [7, 11) is 0. The fourth-order valence-corrected chi connectivity index (χ4v) is 13.8. The van der Waals surface area contributed by atoms with Gasteiger partial charge in [0, 0.05) is 31.2 Å². The van der Waals surface area contributed by atoms with Gasteiger partial charge in [-0.1, -0.05) is 182 Å². The van der Waals surface area contributed by atoms with Crippen LogP contribution in [0.15, 0.2) is 195 Å². The van der Waals surface area contributed by atoms with E-state index in [4.69, 9.17) is 0 Å². The fourth-order valence-electron chi connectivity index (χ4n) is 11.9. The number of benzene rings is 10. The first-order chi connectivity index (χ1) is 31.0. The topological polar surface area (TPSA) is 0 Å². The summed E-state index contributed by atoms with van der Waals surface area (Å²) in [6, 6.07) is 68.5. The molecule has 0 heterocycles. The van der Waals surface area contributed by atoms with Gasteiger partial charge >= 0.3 is 0 Å². The molecule has 0 amide bonds. The van der Waals surface area contributed by atoms with E-state index in [2.05, 4.69) is 230 Å². The molecule has 0 saturated carbocycles. The smallest absolute Gasteiger partial charge is 0.0286 e. The van der Waals surface area contributed by atoms with Crippen molar-refractivity contribution in [2.24, 2.45) is 0 Å². The first kappa shape index (κ1) is 37.9. The number of hydrogen-bond donors (Lipinski definition) is 0. The van der Waals surface area contributed by atoms with Crippen molar-refractivity contribution in [3.8, 4) is 33.4 Å². The number of halogens is 3. The van der Waals surface area contributed by atoms with Crippen molar-refractivity contribution in [1.82, 2.24) is 0 Å². The molecular formula is C60H39Br3. The van der Waals surface area contributed by atoms with Crippen LogP contribution in [-0.4, -0.2) is 0 Å². The predicted octanol–water partition coefficient (Wildman–Crippen LogP) is 17.5. The second-order valence-electron chi connectivity index (χ2n) is 17.7. The maximum atomic E-state index is 4.16. The summed E-state index contributed by atoms with van der Waals surface area (Å²) in [6.45, 7) is 0. The van der Waals surface area contributed by atoms with Crippen LogP contribution in [0.3, 0.4) is 0 Å². The van der Waals surface area contributed by atoms with Crippen LogP contribution in [0.4, 0.5) is 0 Å². The molecule has 10 aromatic carbocycles. The average Bonchev–Trinajstić information content (AvgIpc) is 3.94. The summed E-state index contributed by atoms with van der Waals surface area (Å²) >= 11 is 12.5. The standard InChI is InChI=1S/C60H39Br3/c61-58-37(28-25-34-13-1-4-16-40(34)58)31-49-43-19-7-10-22-46(43)52-55(49)53-47-23-11-8-20-44(47)50(32-38-29-26-35-14-2-5-17-41(35)59(38)62)57(53)54-48-24-12-9-21-45(48)51(56(52)54)33-39-30-27-36-15-3-6-18-42(36)60(39)63/h1-30,49-51H,31-33H2/t49-,50-,51-/m1/s1. The van der Waals surface area contributed by atoms with E-state index >= 15 is 0 Å². The average molecular weight is 1000 g/mol. The lowest BCUT2D eigenvalue weighted by molar-refractivity contribution is 0.800. The molecule has 0 radical (unpaired) electrons. The van der Waals surface area contributed by atoms with Gasteiger partial charge in [0.15, 0.2) is 0 Å². The molecule has 3 aliphatic carbocycles. The van der Waals surface area contributed by atoms with Crippen molar-refractivity contribution in [1.29, 1.82) is 0 Å². The van der Waals surface area contributed by atoms with Gasteiger partial charge in [0.2, 0.25) is 0 Å². The highest BCUT2D eigenvalue weighted by Gasteiger charge is 2.46. The van der Waals surface area contributed by atoms with Crippen LogP contribution in [0.25, 0.3) is 65.7 Å². The summed E-state index contributed by atoms with van der Waals surface area (Å²) in [5.41, 5.74) is 21.4. The Morgan fingerprint density at radius 1 is 0.286 bits per heavy atom. The van der Waals surface area contributed by atoms with Gasteiger partial charge in [-0.15, -0.1) is 0 Å². The molecule has 0 N–H and O–H groups in total. The van der Waals surface area contributed by atoms with Crippen LogP contribution < -0.4 is 0 Å². The highest BCUT2D eigenvalue weighted by molar-refractivity contribution is 9.11. The Morgan fingerprint density at radius 2 is 0.556 bits per heavy atom. The first-order valence-electron chi connectivity index (χ1n) is 22.0. The fraction of sp³-hybridized carbons (Fsp3) is 0.100. The molecule has 0 fully saturated rings. The molecular weight excluding hydrogens is 960 g/mol. The molecule has 10 aromatic rings. The number of rotatable bonds is 6. The molecule has 0 nitrogen and oxygen atoms in total. The Balaban J connectivity index is 1.11. The SMILES string of the molecule is Brc1c(C[C@@H]2c3ccccc3-c3c2c2c(c4c3[C@H](Cc3ccc5ccccc5c3Br)c3ccccc3-4)[C@H](Cc3ccc4ccccc4c3Br)c3ccccc3-2)ccc2ccccc12. The van der Waals surface area contributed by atoms with Crippen molar-refractivity contribution in [2.75, 3.05) is 0 Å². The molecule has 0 bridgehead atoms. The zero-order chi connectivity index (χ0) is 41.9. The first-order valence-corrected chi connectivity index (χ1v) is 24.4. The summed E-state index contributed by atoms with van der Waals surface area (Å²) in [5.74, 6) is 0.510. The van der Waals surface area contributed by atoms with Crippen molar-refractivity contribution in [3.05, 3.63) is 245 Å². The zero-order valence-corrected chi connectivity index (χ0v) is 39.1. The van der Waals surface area contributed by atoms with Crippen LogP contribution in [0.5, 0.6) is 0 Å². The second kappa shape index (κ2) is 14.7. The van der Waals surface area contributed by atoms with E-state index in [1.807, 2.05) is 0 Å². The molecule has 300 valence electrons. The lowest BCUT2D eigenvalue weighted by atomic mass is 9.77. The van der Waals surface area contributed by atoms with Gasteiger partial charge in [-0.25, -0.2) is 0 Å². The maximum absolute atomic E-state index is 4.16. The molecule has 63 heavy (non-hydrogen) atoms. The zero-order valence-electron chi connectivity index (χ0n) is 34.3. The molecule has 3 atom stereocenters. The quantitative estimate of drug-likeness (QED) is 0.156. The monoisotopic (exact) mass is 996 g/mol. The summed E-state index contributed by atoms with van der Waals surface area (Å²) in [6.07, 6.45) is 2.70. The van der Waals surface area contributed by atoms with Crippen molar-refractivity contribution in [3.63, 3.8) is 0 Å². The van der Waals surface area contributed by atoms with Crippen LogP contribution in [-0.2, 0) is 19.3 Å². The van der Waals surface area contributed by atoms with Gasteiger partial charge in [0.1, 0.15) is 0 Å². The Bertz CT molecular complexity index is 3170. The molecule has 0 unspecified atom stereocenters. The normalized spacial score (nSPS) is 16.5. The van der Waals surface area contributed by atoms with Crippen LogP contribution in [0.2, 0.25) is 0 Å². The largest absolute Gasteiger partial charge is 0.0619 e. The third-order valence-electron chi connectivity index (χ3n) is 14.6. The molecule has 0 spiro atoms. The molecule has 3 heteroatoms. The van der Waals surface area contributed by atoms with Crippen LogP contribution in [0.1, 0.15) is 67.8 Å². The minimum absolute atomic E-state index is 0.170. The summed E-state index contributed by atoms with van der Waals surface area (Å²) in [5, 5.41) is 7.58. The van der Waals surface area contributed by atoms with Gasteiger partial charge in [-0.05, 0) is 183 Å². The van der Waals surface area contributed by atoms with Gasteiger partial charge in [0.05, 0.1) is 0 Å². The third kappa shape index (κ3) is 5.69. The Labute approximate surface area is 393 Å². The van der Waals surface area contributed by atoms with E-state index < -0.39 is 0 Å². The van der Waals surface area contributed by atoms with E-state index in [1.54, 1.807) is 0 Å². The molecule has 0 aromatic heterocycles. The van der Waals surface area contributed by atoms with Crippen LogP contribution >= 0.6 is 47.8 Å². The van der Waals surface area contributed by atoms with Gasteiger partial charge in [-0.3, -0.25) is 0 Å². The van der Waals surface area contributed by atoms with Crippen LogP contribution in [0, 0.1) is 0 Å². The molecule has 0 aliphatic heterocycles. The van der Waals surface area contributed by atoms with Crippen molar-refractivity contribution >= 4 is 80.1 Å². The second-order valence-corrected chi connectivity index (χ2v) is 20.1. The van der Waals surface area contributed by atoms with Crippen molar-refractivity contribution < 1.29 is 0 Å². The van der Waals surface area contributed by atoms with E-state index in [9.17, 15) is 0 Å². The Morgan fingerprint density at radius 3 is 0.873 bits per heavy atom. The van der Waals surface area contributed by atoms with Crippen molar-refractivity contribution in [2.45, 2.75) is 37.0 Å². The van der Waals surface area contributed by atoms with E-state index in [0.29, 0.717) is 0 Å². The third-order valence-corrected chi connectivity index (χ3v) is 17.4. The number of fused-ring (bicyclic) bond motifs is 15. The van der Waals surface area contributed by atoms with Gasteiger partial charge in [0.25, 0.3) is 0 Å². The summed E-state index contributed by atoms with van der Waals surface area (Å²) in [4.78, 5) is 0. The summed E-state index contributed by atoms with van der Waals surface area (Å²) < 4.78 is 3.61. The maximum Gasteiger partial charge on any atom is 0.0286 e. The predicted molar refractivity (Wildman–Crippen MR) is 274 cm³/mol. The van der Waals surface area contributed by atoms with E-state index in [0.717, 1.165) is 19.3 Å². The number of hydrogen-bond acceptors (Lipinski definition) is 0. The minimum Gasteiger partial charge on any atom is -0.0619 e. The lowest BCUT2D eigenvalue weighted by Gasteiger charge is -2.26. The molecule has 0 saturated heterocycles. The van der Waals surface area contributed by atoms with E-state index in [-0.39, 0.29) is 17.8 Å². The highest BCUT2D eigenvalue weighted by Crippen LogP contribution is 2.65. The van der Waals surface area contributed by atoms with Gasteiger partial charge < -0.3 is 0 Å². The Kier molecular flexibility index (Phi) is 8.87. The highest BCUT2D eigenvalue weighted by atomic mass is 79.9.